The summed E-state index contributed by atoms with van der Waals surface area (Å²) in [6.45, 7) is 2.21. The average Bonchev–Trinajstić information content (AvgIpc) is 2.03. The molecule has 0 spiro atoms. The fourth-order valence-corrected chi connectivity index (χ4v) is 3.31. The molecule has 1 nitrogen and oxygen atoms in total. The summed E-state index contributed by atoms with van der Waals surface area (Å²) in [5, 5.41) is 0. The van der Waals surface area contributed by atoms with Crippen LogP contribution in [0.25, 0.3) is 0 Å². The molecule has 2 N–H and O–H groups in total. The normalized spacial score (nSPS) is 42.0. The van der Waals surface area contributed by atoms with Gasteiger partial charge in [0.1, 0.15) is 0 Å². The Labute approximate surface area is 75.7 Å². The molecule has 3 aliphatic carbocycles. The van der Waals surface area contributed by atoms with Crippen molar-refractivity contribution in [2.45, 2.75) is 57.9 Å². The van der Waals surface area contributed by atoms with Crippen LogP contribution in [-0.4, -0.2) is 6.04 Å². The summed E-state index contributed by atoms with van der Waals surface area (Å²) in [7, 11) is 0. The fraction of sp³-hybridized carbons (Fsp3) is 1.00. The van der Waals surface area contributed by atoms with Gasteiger partial charge in [-0.2, -0.15) is 0 Å². The van der Waals surface area contributed by atoms with E-state index >= 15 is 0 Å². The Bertz CT molecular complexity index is 153. The minimum atomic E-state index is 0.476. The van der Waals surface area contributed by atoms with E-state index in [2.05, 4.69) is 6.92 Å². The maximum absolute atomic E-state index is 6.01. The smallest absolute Gasteiger partial charge is 0.00414 e. The van der Waals surface area contributed by atoms with Crippen molar-refractivity contribution in [3.8, 4) is 0 Å². The summed E-state index contributed by atoms with van der Waals surface area (Å²) in [5.41, 5.74) is 6.73. The number of hydrogen-bond donors (Lipinski definition) is 1. The third-order valence-electron chi connectivity index (χ3n) is 3.98. The average molecular weight is 167 g/mol. The van der Waals surface area contributed by atoms with Gasteiger partial charge in [-0.05, 0) is 43.4 Å². The molecule has 0 unspecified atom stereocenters. The van der Waals surface area contributed by atoms with Crippen LogP contribution in [0, 0.1) is 11.3 Å². The van der Waals surface area contributed by atoms with Gasteiger partial charge >= 0.3 is 0 Å². The van der Waals surface area contributed by atoms with Gasteiger partial charge in [0, 0.05) is 6.04 Å². The van der Waals surface area contributed by atoms with Crippen molar-refractivity contribution in [2.75, 3.05) is 0 Å². The quantitative estimate of drug-likeness (QED) is 0.687. The van der Waals surface area contributed by atoms with Gasteiger partial charge < -0.3 is 5.73 Å². The molecule has 0 aliphatic heterocycles. The summed E-state index contributed by atoms with van der Waals surface area (Å²) in [6.07, 6.45) is 9.91. The zero-order valence-electron chi connectivity index (χ0n) is 8.18. The molecular weight excluding hydrogens is 146 g/mol. The number of nitrogens with two attached hydrogens (primary N) is 1. The standard InChI is InChI=1S/C11H21N/c1-2-10(12)8-11-5-3-4-9(6-11)7-11/h9-10H,2-8,12H2,1H3/t9?,10-,11?/m1/s1. The molecule has 3 fully saturated rings. The summed E-state index contributed by atoms with van der Waals surface area (Å²) in [6, 6.07) is 0.476. The van der Waals surface area contributed by atoms with E-state index in [1.165, 1.54) is 38.5 Å². The molecular formula is C11H21N. The second-order valence-corrected chi connectivity index (χ2v) is 5.04. The summed E-state index contributed by atoms with van der Waals surface area (Å²) in [5.74, 6) is 1.09. The number of rotatable bonds is 3. The minimum absolute atomic E-state index is 0.476. The third-order valence-corrected chi connectivity index (χ3v) is 3.98. The fourth-order valence-electron chi connectivity index (χ4n) is 3.31. The highest BCUT2D eigenvalue weighted by molar-refractivity contribution is 4.98. The van der Waals surface area contributed by atoms with Crippen LogP contribution in [0.15, 0.2) is 0 Å². The molecule has 0 aromatic carbocycles. The van der Waals surface area contributed by atoms with Crippen molar-refractivity contribution >= 4 is 0 Å². The maximum Gasteiger partial charge on any atom is 0.00414 e. The predicted molar refractivity (Wildman–Crippen MR) is 51.9 cm³/mol. The molecule has 3 rings (SSSR count). The molecule has 1 heteroatoms. The van der Waals surface area contributed by atoms with E-state index in [1.807, 2.05) is 0 Å². The Morgan fingerprint density at radius 3 is 2.75 bits per heavy atom. The van der Waals surface area contributed by atoms with Gasteiger partial charge in [-0.25, -0.2) is 0 Å². The van der Waals surface area contributed by atoms with Crippen molar-refractivity contribution in [3.05, 3.63) is 0 Å². The molecule has 0 radical (unpaired) electrons. The molecule has 0 aromatic heterocycles. The first-order valence-electron chi connectivity index (χ1n) is 5.50. The lowest BCUT2D eigenvalue weighted by Crippen LogP contribution is -2.44. The van der Waals surface area contributed by atoms with Crippen molar-refractivity contribution in [3.63, 3.8) is 0 Å². The van der Waals surface area contributed by atoms with Gasteiger partial charge in [-0.3, -0.25) is 0 Å². The third kappa shape index (κ3) is 1.39. The zero-order chi connectivity index (χ0) is 8.60. The predicted octanol–water partition coefficient (Wildman–Crippen LogP) is 2.69. The van der Waals surface area contributed by atoms with Crippen LogP contribution in [0.5, 0.6) is 0 Å². The molecule has 1 atom stereocenters. The van der Waals surface area contributed by atoms with Crippen LogP contribution in [0.3, 0.4) is 0 Å². The molecule has 3 aliphatic rings. The Kier molecular flexibility index (Phi) is 2.16. The second-order valence-electron chi connectivity index (χ2n) is 5.04. The van der Waals surface area contributed by atoms with E-state index in [0.717, 1.165) is 17.8 Å². The zero-order valence-corrected chi connectivity index (χ0v) is 8.18. The van der Waals surface area contributed by atoms with Crippen LogP contribution >= 0.6 is 0 Å². The van der Waals surface area contributed by atoms with E-state index in [4.69, 9.17) is 5.73 Å². The Morgan fingerprint density at radius 2 is 2.25 bits per heavy atom. The van der Waals surface area contributed by atoms with Crippen LogP contribution in [0.2, 0.25) is 0 Å². The van der Waals surface area contributed by atoms with Crippen LogP contribution in [0.4, 0.5) is 0 Å². The molecule has 3 saturated carbocycles. The first-order chi connectivity index (χ1) is 5.74. The van der Waals surface area contributed by atoms with Crippen LogP contribution in [-0.2, 0) is 0 Å². The highest BCUT2D eigenvalue weighted by Gasteiger charge is 2.46. The first kappa shape index (κ1) is 8.55. The Hall–Kier alpha value is -0.0400. The summed E-state index contributed by atoms with van der Waals surface area (Å²) >= 11 is 0. The lowest BCUT2D eigenvalue weighted by Gasteiger charge is -2.53. The summed E-state index contributed by atoms with van der Waals surface area (Å²) in [4.78, 5) is 0. The van der Waals surface area contributed by atoms with Crippen molar-refractivity contribution in [1.82, 2.24) is 0 Å². The van der Waals surface area contributed by atoms with E-state index in [0.29, 0.717) is 6.04 Å². The van der Waals surface area contributed by atoms with E-state index < -0.39 is 0 Å². The lowest BCUT2D eigenvalue weighted by atomic mass is 9.52. The molecule has 0 aromatic rings. The van der Waals surface area contributed by atoms with Gasteiger partial charge in [-0.15, -0.1) is 0 Å². The Morgan fingerprint density at radius 1 is 1.50 bits per heavy atom. The van der Waals surface area contributed by atoms with Gasteiger partial charge in [0.05, 0.1) is 0 Å². The monoisotopic (exact) mass is 167 g/mol. The molecule has 2 bridgehead atoms. The lowest BCUT2D eigenvalue weighted by molar-refractivity contribution is -0.0176. The van der Waals surface area contributed by atoms with Gasteiger partial charge in [-0.1, -0.05) is 19.8 Å². The molecule has 0 heterocycles. The minimum Gasteiger partial charge on any atom is -0.328 e. The van der Waals surface area contributed by atoms with Crippen LogP contribution < -0.4 is 5.73 Å². The number of hydrogen-bond acceptors (Lipinski definition) is 1. The second kappa shape index (κ2) is 3.02. The van der Waals surface area contributed by atoms with Crippen LogP contribution in [0.1, 0.15) is 51.9 Å². The topological polar surface area (TPSA) is 26.0 Å². The largest absolute Gasteiger partial charge is 0.328 e. The highest BCUT2D eigenvalue weighted by Crippen LogP contribution is 2.57. The SMILES string of the molecule is CC[C@@H](N)CC12CCCC(C1)C2. The van der Waals surface area contributed by atoms with E-state index in [9.17, 15) is 0 Å². The Balaban J connectivity index is 1.86. The highest BCUT2D eigenvalue weighted by atomic mass is 14.7. The van der Waals surface area contributed by atoms with Gasteiger partial charge in [0.15, 0.2) is 0 Å². The van der Waals surface area contributed by atoms with Crippen molar-refractivity contribution in [2.24, 2.45) is 17.1 Å². The van der Waals surface area contributed by atoms with E-state index in [1.54, 1.807) is 0 Å². The number of fused-ring (bicyclic) bond motifs is 2. The van der Waals surface area contributed by atoms with E-state index in [-0.39, 0.29) is 0 Å². The summed E-state index contributed by atoms with van der Waals surface area (Å²) < 4.78 is 0. The first-order valence-corrected chi connectivity index (χ1v) is 5.50. The van der Waals surface area contributed by atoms with Gasteiger partial charge in [0.2, 0.25) is 0 Å². The maximum atomic E-state index is 6.01. The molecule has 0 amide bonds. The van der Waals surface area contributed by atoms with Crippen molar-refractivity contribution < 1.29 is 0 Å². The van der Waals surface area contributed by atoms with Crippen molar-refractivity contribution in [1.29, 1.82) is 0 Å². The molecule has 12 heavy (non-hydrogen) atoms. The molecule has 70 valence electrons. The molecule has 0 saturated heterocycles. The van der Waals surface area contributed by atoms with Gasteiger partial charge in [0.25, 0.3) is 0 Å².